The van der Waals surface area contributed by atoms with Crippen molar-refractivity contribution in [3.8, 4) is 0 Å². The largest absolute Gasteiger partial charge is 0.481 e. The Hall–Kier alpha value is -11.5. The van der Waals surface area contributed by atoms with Crippen LogP contribution in [0.25, 0.3) is 0 Å². The maximum atomic E-state index is 13.2. The molecule has 7 amide bonds. The number of nitrogens with two attached hydrogens (primary N) is 2. The molecule has 5 fully saturated rings. The molecule has 1 unspecified atom stereocenters. The number of aliphatic hydroxyl groups excluding tert-OH is 1. The lowest BCUT2D eigenvalue weighted by Crippen LogP contribution is -2.54. The van der Waals surface area contributed by atoms with E-state index in [0.29, 0.717) is 131 Å². The fourth-order valence-electron chi connectivity index (χ4n) is 13.6. The summed E-state index contributed by atoms with van der Waals surface area (Å²) in [5.74, 6) is -7.62. The number of nitrogens with one attached hydrogen (secondary N) is 5. The molecule has 720 valence electrons. The predicted octanol–water partition coefficient (Wildman–Crippen LogP) is 9.69. The molecule has 3 saturated heterocycles. The highest BCUT2D eigenvalue weighted by molar-refractivity contribution is 6.00. The van der Waals surface area contributed by atoms with Crippen molar-refractivity contribution in [2.75, 3.05) is 113 Å². The minimum Gasteiger partial charge on any atom is -0.481 e. The number of nitrogens with zero attached hydrogens (tertiary/aromatic N) is 6. The Labute approximate surface area is 762 Å². The smallest absolute Gasteiger partial charge is 0.326 e. The van der Waals surface area contributed by atoms with Gasteiger partial charge in [0.1, 0.15) is 71.4 Å². The van der Waals surface area contributed by atoms with Gasteiger partial charge in [-0.25, -0.2) is 31.1 Å². The van der Waals surface area contributed by atoms with E-state index < -0.39 is 95.1 Å². The summed E-state index contributed by atoms with van der Waals surface area (Å²) in [5.41, 5.74) is 14.2. The van der Waals surface area contributed by atoms with E-state index in [9.17, 15) is 83.9 Å². The predicted molar refractivity (Wildman–Crippen MR) is 484 cm³/mol. The summed E-state index contributed by atoms with van der Waals surface area (Å²) >= 11 is 0. The van der Waals surface area contributed by atoms with E-state index in [-0.39, 0.29) is 79.5 Å². The number of carboxylic acids is 4. The first-order valence-electron chi connectivity index (χ1n) is 44.5. The highest BCUT2D eigenvalue weighted by Gasteiger charge is 2.39. The first-order valence-corrected chi connectivity index (χ1v) is 44.5. The topological polar surface area (TPSA) is 438 Å². The molecule has 9 atom stereocenters. The second-order valence-corrected chi connectivity index (χ2v) is 31.7. The summed E-state index contributed by atoms with van der Waals surface area (Å²) in [5, 5.41) is 57.1. The van der Waals surface area contributed by atoms with Crippen molar-refractivity contribution < 1.29 is 109 Å². The Morgan fingerprint density at radius 1 is 0.382 bits per heavy atom. The Morgan fingerprint density at radius 2 is 0.664 bits per heavy atom. The molecule has 30 nitrogen and oxygen atoms in total. The van der Waals surface area contributed by atoms with Gasteiger partial charge in [-0.15, -0.1) is 0 Å². The van der Waals surface area contributed by atoms with Crippen molar-refractivity contribution in [3.63, 3.8) is 0 Å². The van der Waals surface area contributed by atoms with Gasteiger partial charge in [-0.3, -0.25) is 47.9 Å². The number of carboxylic acid groups (broad SMARTS) is 4. The summed E-state index contributed by atoms with van der Waals surface area (Å²) < 4.78 is 77.5. The van der Waals surface area contributed by atoms with Crippen molar-refractivity contribution in [1.82, 2.24) is 56.0 Å². The average molecular weight is 1840 g/mol. The normalized spacial score (nSPS) is 17.2. The monoisotopic (exact) mass is 1840 g/mol. The third-order valence-electron chi connectivity index (χ3n) is 21.7. The molecule has 6 aromatic carbocycles. The standard InChI is InChI=1S/C27H34F2N4O2.C18H26FN3O3.C18H24FN3O3.C13H14FNO5.C9H10FN.C6H11NO4.2C2H6/c1-32-14-16-33(17-15-32)27(35)24(31-26(34)20-7-11-22(29)12-8-20)4-2-3-13-30-25-18-23(25)19-5-9-21(28)10-6-19;2*1-21-9-11-22(12-10-21)18(25)16(4-2-3-13-23)20-17(24)14-5-7-15(19)8-6-14;14-9-6-4-8(5-7-9)12(18)15-10(13(19)20)2-1-3-11(16)17;10-7-3-1-6(2-4-7)8-5-9(8)11;7-4(6(10)11)2-1-3-5(8)9;2*1-2/h5-12,23-25,30H,2-4,13-18H2,1H3,(H,31,34);5-8,16,23H,2-4,9-13H2,1H3,(H,20,24);5-8,13,16H,2-4,9-12H2,1H3,(H,20,24);4-7,10H,1-3H2,(H,15,18)(H,16,17)(H,19,20);1-4,8-9H,5,11H2;4H,1-3,7H2,(H,8,9)(H,10,11);2*1-2H3/t23-,24-,25?;2*16-;10-;8-,9+;4-;;/m000000../s1. The molecule has 11 rings (SSSR count). The van der Waals surface area contributed by atoms with Crippen LogP contribution in [0.15, 0.2) is 146 Å². The van der Waals surface area contributed by atoms with Crippen LogP contribution in [0.2, 0.25) is 0 Å². The molecule has 3 heterocycles. The summed E-state index contributed by atoms with van der Waals surface area (Å²) in [4.78, 5) is 152. The van der Waals surface area contributed by atoms with Crippen LogP contribution in [-0.4, -0.2) is 282 Å². The van der Waals surface area contributed by atoms with Crippen LogP contribution < -0.4 is 38.1 Å². The van der Waals surface area contributed by atoms with E-state index in [4.69, 9.17) is 37.0 Å². The highest BCUT2D eigenvalue weighted by Crippen LogP contribution is 2.41. The lowest BCUT2D eigenvalue weighted by molar-refractivity contribution is -0.140. The molecular formula is C95H131F6N13O17. The van der Waals surface area contributed by atoms with Crippen LogP contribution in [0, 0.1) is 34.9 Å². The van der Waals surface area contributed by atoms with Gasteiger partial charge in [0.25, 0.3) is 23.6 Å². The van der Waals surface area contributed by atoms with E-state index in [2.05, 4.69) is 41.3 Å². The lowest BCUT2D eigenvalue weighted by Gasteiger charge is -2.34. The molecule has 36 heteroatoms. The van der Waals surface area contributed by atoms with Gasteiger partial charge >= 0.3 is 23.9 Å². The number of benzene rings is 6. The van der Waals surface area contributed by atoms with E-state index in [1.807, 2.05) is 78.0 Å². The molecule has 2 aliphatic carbocycles. The quantitative estimate of drug-likeness (QED) is 0.00980. The van der Waals surface area contributed by atoms with Crippen LogP contribution >= 0.6 is 0 Å². The number of likely N-dealkylation sites (N-methyl/N-ethyl adjacent to an activating group) is 3. The molecule has 5 aliphatic rings. The van der Waals surface area contributed by atoms with Gasteiger partial charge in [-0.1, -0.05) is 52.0 Å². The van der Waals surface area contributed by atoms with Crippen molar-refractivity contribution in [1.29, 1.82) is 0 Å². The second kappa shape index (κ2) is 61.2. The highest BCUT2D eigenvalue weighted by atomic mass is 19.1. The number of halogens is 6. The van der Waals surface area contributed by atoms with Crippen molar-refractivity contribution in [2.45, 2.75) is 191 Å². The first kappa shape index (κ1) is 112. The van der Waals surface area contributed by atoms with Crippen LogP contribution in [0.5, 0.6) is 0 Å². The molecule has 131 heavy (non-hydrogen) atoms. The number of hydrogen-bond acceptors (Lipinski definition) is 19. The fourth-order valence-corrected chi connectivity index (χ4v) is 13.6. The van der Waals surface area contributed by atoms with Crippen molar-refractivity contribution in [3.05, 3.63) is 214 Å². The van der Waals surface area contributed by atoms with Gasteiger partial charge in [0.15, 0.2) is 0 Å². The van der Waals surface area contributed by atoms with E-state index in [0.717, 1.165) is 95.5 Å². The average Bonchev–Trinajstić information content (AvgIpc) is 1.75. The molecule has 0 aromatic heterocycles. The number of carbonyl (C=O) groups is 12. The molecule has 0 spiro atoms. The number of aldehydes is 1. The molecular weight excluding hydrogens is 1710 g/mol. The molecule has 0 bridgehead atoms. The zero-order valence-electron chi connectivity index (χ0n) is 75.8. The molecule has 6 aromatic rings. The number of hydrogen-bond donors (Lipinski definition) is 12. The minimum absolute atomic E-state index is 0.00850. The maximum Gasteiger partial charge on any atom is 0.326 e. The number of unbranched alkanes of at least 4 members (excludes halogenated alkanes) is 3. The van der Waals surface area contributed by atoms with Gasteiger partial charge < -0.3 is 97.8 Å². The summed E-state index contributed by atoms with van der Waals surface area (Å²) in [7, 11) is 6.04. The first-order chi connectivity index (χ1) is 62.6. The Balaban J connectivity index is 0.000000339. The lowest BCUT2D eigenvalue weighted by atomic mass is 10.1. The summed E-state index contributed by atoms with van der Waals surface area (Å²) in [6.07, 6.45) is 8.54. The van der Waals surface area contributed by atoms with Crippen LogP contribution in [0.3, 0.4) is 0 Å². The third-order valence-corrected chi connectivity index (χ3v) is 21.7. The van der Waals surface area contributed by atoms with Crippen LogP contribution in [-0.2, 0) is 38.4 Å². The Kier molecular flexibility index (Phi) is 52.2. The summed E-state index contributed by atoms with van der Waals surface area (Å²) in [6.45, 7) is 17.5. The molecule has 0 radical (unpaired) electrons. The molecule has 14 N–H and O–H groups in total. The number of piperazine rings is 3. The van der Waals surface area contributed by atoms with Gasteiger partial charge in [0, 0.05) is 151 Å². The number of aliphatic hydroxyl groups is 1. The number of rotatable bonds is 37. The Morgan fingerprint density at radius 3 is 0.954 bits per heavy atom. The number of amides is 7. The van der Waals surface area contributed by atoms with Gasteiger partial charge in [-0.05, 0) is 250 Å². The van der Waals surface area contributed by atoms with E-state index in [1.54, 1.807) is 9.80 Å². The second-order valence-electron chi connectivity index (χ2n) is 31.7. The number of aliphatic carboxylic acids is 4. The van der Waals surface area contributed by atoms with E-state index in [1.165, 1.54) is 115 Å². The van der Waals surface area contributed by atoms with Crippen LogP contribution in [0.1, 0.15) is 201 Å². The zero-order valence-corrected chi connectivity index (χ0v) is 75.8. The number of carbonyl (C=O) groups excluding carboxylic acids is 8. The van der Waals surface area contributed by atoms with Gasteiger partial charge in [0.05, 0.1) is 0 Å². The minimum atomic E-state index is -1.24. The molecule has 3 aliphatic heterocycles. The van der Waals surface area contributed by atoms with E-state index >= 15 is 0 Å². The zero-order chi connectivity index (χ0) is 97.1. The SMILES string of the molecule is CC.CC.CN1CCN(C(=O)[C@H](CCCC=O)NC(=O)c2ccc(F)cc2)CC1.CN1CCN(C(=O)[C@H](CCCCNC2C[C@H]2c2ccc(F)cc2)NC(=O)c2ccc(F)cc2)CC1.CN1CCN(C(=O)[C@H](CCCCO)NC(=O)c2ccc(F)cc2)CC1.N[C@@H](CCCC(=O)O)C(=O)O.N[C@@H]1C[C@H]1c1ccc(F)cc1.O=C(O)CCC[C@H](NC(=O)c1ccc(F)cc1)C(=O)O. The maximum absolute atomic E-state index is 13.2. The summed E-state index contributed by atoms with van der Waals surface area (Å²) in [6, 6.07) is 30.4. The molecule has 2 saturated carbocycles. The third kappa shape index (κ3) is 43.4. The fraction of sp³-hybridized carbons (Fsp3) is 0.495. The Bertz CT molecular complexity index is 4460. The van der Waals surface area contributed by atoms with Crippen molar-refractivity contribution >= 4 is 71.5 Å². The van der Waals surface area contributed by atoms with Crippen molar-refractivity contribution in [2.24, 2.45) is 11.5 Å². The van der Waals surface area contributed by atoms with Gasteiger partial charge in [0.2, 0.25) is 17.7 Å². The van der Waals surface area contributed by atoms with Crippen LogP contribution in [0.4, 0.5) is 26.3 Å². The van der Waals surface area contributed by atoms with Gasteiger partial charge in [-0.2, -0.15) is 0 Å².